The number of anilines is 2. The van der Waals surface area contributed by atoms with Gasteiger partial charge in [-0.1, -0.05) is 41.6 Å². The number of hydrogen-bond acceptors (Lipinski definition) is 9. The molecule has 11 heteroatoms. The summed E-state index contributed by atoms with van der Waals surface area (Å²) in [6.07, 6.45) is 0.673. The van der Waals surface area contributed by atoms with E-state index in [4.69, 9.17) is 30.8 Å². The molecule has 0 bridgehead atoms. The third kappa shape index (κ3) is 8.06. The molecule has 1 N–H and O–H groups in total. The van der Waals surface area contributed by atoms with Gasteiger partial charge in [0.15, 0.2) is 16.7 Å². The summed E-state index contributed by atoms with van der Waals surface area (Å²) in [6, 6.07) is 23.3. The highest BCUT2D eigenvalue weighted by Crippen LogP contribution is 2.28. The number of aromatic nitrogens is 2. The molecule has 0 atom stereocenters. The van der Waals surface area contributed by atoms with Crippen molar-refractivity contribution >= 4 is 40.8 Å². The third-order valence-corrected chi connectivity index (χ3v) is 8.52. The number of carbonyl (C=O) groups excluding carboxylic acids is 1. The number of amides is 1. The molecule has 9 nitrogen and oxygen atoms in total. The Hall–Kier alpha value is -4.15. The zero-order chi connectivity index (χ0) is 30.9. The SMILES string of the molecule is COc1ccc(N2CCN(c3cc(Cl)nc(SCc4cccc(C(=O)NCCc5ccc(OC)c(OC)c5)c4)n3)CC2)cc1. The maximum Gasteiger partial charge on any atom is 0.251 e. The molecule has 44 heavy (non-hydrogen) atoms. The van der Waals surface area contributed by atoms with E-state index >= 15 is 0 Å². The highest BCUT2D eigenvalue weighted by Gasteiger charge is 2.20. The lowest BCUT2D eigenvalue weighted by Crippen LogP contribution is -2.46. The predicted molar refractivity (Wildman–Crippen MR) is 176 cm³/mol. The number of carbonyl (C=O) groups is 1. The van der Waals surface area contributed by atoms with Crippen molar-refractivity contribution < 1.29 is 19.0 Å². The number of rotatable bonds is 12. The Morgan fingerprint density at radius 3 is 2.32 bits per heavy atom. The van der Waals surface area contributed by atoms with Gasteiger partial charge in [0.1, 0.15) is 16.7 Å². The summed E-state index contributed by atoms with van der Waals surface area (Å²) in [6.45, 7) is 3.90. The van der Waals surface area contributed by atoms with Gasteiger partial charge in [-0.05, 0) is 66.1 Å². The molecule has 1 fully saturated rings. The van der Waals surface area contributed by atoms with Crippen molar-refractivity contribution in [1.29, 1.82) is 0 Å². The number of methoxy groups -OCH3 is 3. The van der Waals surface area contributed by atoms with Crippen LogP contribution in [-0.2, 0) is 12.2 Å². The number of ether oxygens (including phenoxy) is 3. The van der Waals surface area contributed by atoms with Crippen molar-refractivity contribution in [2.24, 2.45) is 0 Å². The normalized spacial score (nSPS) is 13.0. The molecule has 0 radical (unpaired) electrons. The maximum absolute atomic E-state index is 12.9. The summed E-state index contributed by atoms with van der Waals surface area (Å²) in [7, 11) is 4.89. The summed E-state index contributed by atoms with van der Waals surface area (Å²) in [5, 5.41) is 4.03. The maximum atomic E-state index is 12.9. The van der Waals surface area contributed by atoms with E-state index in [1.54, 1.807) is 21.3 Å². The van der Waals surface area contributed by atoms with E-state index in [0.29, 0.717) is 46.1 Å². The van der Waals surface area contributed by atoms with E-state index in [1.807, 2.05) is 60.7 Å². The molecule has 0 aliphatic carbocycles. The molecular weight excluding hydrogens is 598 g/mol. The van der Waals surface area contributed by atoms with Gasteiger partial charge in [-0.15, -0.1) is 0 Å². The van der Waals surface area contributed by atoms with E-state index in [2.05, 4.69) is 32.2 Å². The molecule has 230 valence electrons. The Balaban J connectivity index is 1.13. The Morgan fingerprint density at radius 2 is 1.59 bits per heavy atom. The largest absolute Gasteiger partial charge is 0.497 e. The van der Waals surface area contributed by atoms with Crippen molar-refractivity contribution in [2.45, 2.75) is 17.3 Å². The monoisotopic (exact) mass is 633 g/mol. The summed E-state index contributed by atoms with van der Waals surface area (Å²) < 4.78 is 15.9. The molecule has 1 aliphatic rings. The summed E-state index contributed by atoms with van der Waals surface area (Å²) in [4.78, 5) is 26.7. The van der Waals surface area contributed by atoms with Crippen LogP contribution in [0, 0.1) is 0 Å². The molecule has 2 heterocycles. The first-order valence-corrected chi connectivity index (χ1v) is 15.7. The molecule has 1 aromatic heterocycles. The molecule has 1 saturated heterocycles. The smallest absolute Gasteiger partial charge is 0.251 e. The van der Waals surface area contributed by atoms with Crippen LogP contribution in [0.3, 0.4) is 0 Å². The molecule has 1 aliphatic heterocycles. The Morgan fingerprint density at radius 1 is 0.841 bits per heavy atom. The number of benzene rings is 3. The van der Waals surface area contributed by atoms with Crippen LogP contribution in [0.15, 0.2) is 78.0 Å². The third-order valence-electron chi connectivity index (χ3n) is 7.41. The molecular formula is C33H36ClN5O4S. The Bertz CT molecular complexity index is 1560. The standard InChI is InChI=1S/C33H36ClN5O4S/c1-41-27-10-8-26(9-11-27)38-15-17-39(18-16-38)31-21-30(34)36-33(37-31)44-22-24-5-4-6-25(19-24)32(40)35-14-13-23-7-12-28(42-2)29(20-23)43-3/h4-12,19-21H,13-18,22H2,1-3H3,(H,35,40). The fourth-order valence-electron chi connectivity index (χ4n) is 5.01. The lowest BCUT2D eigenvalue weighted by Gasteiger charge is -2.36. The van der Waals surface area contributed by atoms with Crippen LogP contribution in [0.5, 0.6) is 17.2 Å². The second kappa shape index (κ2) is 15.0. The van der Waals surface area contributed by atoms with E-state index < -0.39 is 0 Å². The van der Waals surface area contributed by atoms with Gasteiger partial charge in [0.25, 0.3) is 5.91 Å². The fourth-order valence-corrected chi connectivity index (χ4v) is 6.03. The first-order valence-electron chi connectivity index (χ1n) is 14.3. The van der Waals surface area contributed by atoms with Crippen LogP contribution in [0.1, 0.15) is 21.5 Å². The zero-order valence-corrected chi connectivity index (χ0v) is 26.7. The highest BCUT2D eigenvalue weighted by molar-refractivity contribution is 7.98. The van der Waals surface area contributed by atoms with E-state index in [1.165, 1.54) is 17.4 Å². The van der Waals surface area contributed by atoms with Gasteiger partial charge in [-0.25, -0.2) is 9.97 Å². The predicted octanol–water partition coefficient (Wildman–Crippen LogP) is 5.75. The molecule has 0 unspecified atom stereocenters. The molecule has 1 amide bonds. The van der Waals surface area contributed by atoms with Crippen LogP contribution in [-0.4, -0.2) is 69.9 Å². The van der Waals surface area contributed by atoms with Crippen molar-refractivity contribution in [1.82, 2.24) is 15.3 Å². The lowest BCUT2D eigenvalue weighted by atomic mass is 10.1. The highest BCUT2D eigenvalue weighted by atomic mass is 35.5. The van der Waals surface area contributed by atoms with Crippen molar-refractivity contribution in [3.05, 3.63) is 94.6 Å². The minimum atomic E-state index is -0.118. The van der Waals surface area contributed by atoms with Gasteiger partial charge in [0, 0.05) is 55.8 Å². The molecule has 0 spiro atoms. The second-order valence-corrected chi connectivity index (χ2v) is 11.5. The lowest BCUT2D eigenvalue weighted by molar-refractivity contribution is 0.0954. The summed E-state index contributed by atoms with van der Waals surface area (Å²) in [5.74, 6) is 3.52. The first kappa shape index (κ1) is 31.3. The van der Waals surface area contributed by atoms with Gasteiger partial charge in [-0.3, -0.25) is 4.79 Å². The van der Waals surface area contributed by atoms with E-state index in [0.717, 1.165) is 48.9 Å². The summed E-state index contributed by atoms with van der Waals surface area (Å²) >= 11 is 7.92. The Kier molecular flexibility index (Phi) is 10.7. The second-order valence-electron chi connectivity index (χ2n) is 10.2. The van der Waals surface area contributed by atoms with Crippen molar-refractivity contribution in [3.8, 4) is 17.2 Å². The van der Waals surface area contributed by atoms with E-state index in [-0.39, 0.29) is 5.91 Å². The number of hydrogen-bond donors (Lipinski definition) is 1. The topological polar surface area (TPSA) is 89.1 Å². The number of nitrogens with one attached hydrogen (secondary N) is 1. The minimum absolute atomic E-state index is 0.118. The van der Waals surface area contributed by atoms with Crippen LogP contribution < -0.4 is 29.3 Å². The minimum Gasteiger partial charge on any atom is -0.497 e. The summed E-state index contributed by atoms with van der Waals surface area (Å²) in [5.41, 5.74) is 3.84. The van der Waals surface area contributed by atoms with Crippen molar-refractivity contribution in [3.63, 3.8) is 0 Å². The number of nitrogens with zero attached hydrogens (tertiary/aromatic N) is 4. The van der Waals surface area contributed by atoms with Crippen LogP contribution in [0.25, 0.3) is 0 Å². The van der Waals surface area contributed by atoms with Gasteiger partial charge < -0.3 is 29.3 Å². The first-order chi connectivity index (χ1) is 21.4. The van der Waals surface area contributed by atoms with E-state index in [9.17, 15) is 4.79 Å². The number of halogens is 1. The van der Waals surface area contributed by atoms with Gasteiger partial charge >= 0.3 is 0 Å². The zero-order valence-electron chi connectivity index (χ0n) is 25.1. The van der Waals surface area contributed by atoms with Crippen molar-refractivity contribution in [2.75, 3.05) is 63.9 Å². The van der Waals surface area contributed by atoms with Crippen LogP contribution in [0.2, 0.25) is 5.15 Å². The molecule has 4 aromatic rings. The molecule has 3 aromatic carbocycles. The van der Waals surface area contributed by atoms with Crippen LogP contribution in [0.4, 0.5) is 11.5 Å². The average Bonchev–Trinajstić information content (AvgIpc) is 3.07. The van der Waals surface area contributed by atoms with Gasteiger partial charge in [-0.2, -0.15) is 0 Å². The molecule has 0 saturated carbocycles. The average molecular weight is 634 g/mol. The van der Waals surface area contributed by atoms with Gasteiger partial charge in [0.2, 0.25) is 0 Å². The van der Waals surface area contributed by atoms with Gasteiger partial charge in [0.05, 0.1) is 21.3 Å². The molecule has 5 rings (SSSR count). The Labute approximate surface area is 267 Å². The quantitative estimate of drug-likeness (QED) is 0.119. The fraction of sp³-hybridized carbons (Fsp3) is 0.303. The number of piperazine rings is 1. The van der Waals surface area contributed by atoms with Crippen LogP contribution >= 0.6 is 23.4 Å². The number of thioether (sulfide) groups is 1.